The molecule has 0 aliphatic carbocycles. The van der Waals surface area contributed by atoms with E-state index in [2.05, 4.69) is 20.5 Å². The van der Waals surface area contributed by atoms with E-state index in [9.17, 15) is 4.79 Å². The summed E-state index contributed by atoms with van der Waals surface area (Å²) >= 11 is 0. The number of hydrogen-bond donors (Lipinski definition) is 2. The highest BCUT2D eigenvalue weighted by Gasteiger charge is 2.47. The van der Waals surface area contributed by atoms with Crippen molar-refractivity contribution in [3.63, 3.8) is 0 Å². The number of Topliss-reactive ketones (excluding diaryl/α,β-unsaturated/α-hetero) is 1. The summed E-state index contributed by atoms with van der Waals surface area (Å²) in [6.07, 6.45) is 6.71. The van der Waals surface area contributed by atoms with E-state index in [1.807, 2.05) is 0 Å². The average molecular weight is 206 g/mol. The summed E-state index contributed by atoms with van der Waals surface area (Å²) in [5.74, 6) is 0.479. The molecular formula is C10H14N4O. The summed E-state index contributed by atoms with van der Waals surface area (Å²) in [4.78, 5) is 16.2. The van der Waals surface area contributed by atoms with Crippen LogP contribution in [0.15, 0.2) is 6.33 Å². The maximum Gasteiger partial charge on any atom is 0.219 e. The number of rotatable bonds is 2. The number of nitrogens with one attached hydrogen (secondary N) is 2. The van der Waals surface area contributed by atoms with Crippen LogP contribution < -0.4 is 5.32 Å². The summed E-state index contributed by atoms with van der Waals surface area (Å²) < 4.78 is 0. The molecule has 0 aromatic carbocycles. The van der Waals surface area contributed by atoms with Crippen molar-refractivity contribution in [3.8, 4) is 0 Å². The predicted molar refractivity (Wildman–Crippen MR) is 53.5 cm³/mol. The van der Waals surface area contributed by atoms with Crippen LogP contribution in [0.1, 0.15) is 42.7 Å². The number of piperidine rings is 1. The monoisotopic (exact) mass is 206 g/mol. The maximum absolute atomic E-state index is 12.2. The fourth-order valence-corrected chi connectivity index (χ4v) is 2.85. The first-order valence-electron chi connectivity index (χ1n) is 5.48. The minimum atomic E-state index is -0.345. The molecule has 2 atom stereocenters. The first-order valence-corrected chi connectivity index (χ1v) is 5.48. The summed E-state index contributed by atoms with van der Waals surface area (Å²) in [6.45, 7) is 0. The third kappa shape index (κ3) is 1.30. The number of fused-ring (bicyclic) bond motifs is 2. The van der Waals surface area contributed by atoms with Crippen LogP contribution in [-0.2, 0) is 0 Å². The van der Waals surface area contributed by atoms with Crippen LogP contribution in [0.25, 0.3) is 0 Å². The van der Waals surface area contributed by atoms with Gasteiger partial charge in [0, 0.05) is 6.04 Å². The van der Waals surface area contributed by atoms with Gasteiger partial charge in [-0.2, -0.15) is 5.10 Å². The van der Waals surface area contributed by atoms with Crippen LogP contribution in [0.4, 0.5) is 0 Å². The van der Waals surface area contributed by atoms with E-state index >= 15 is 0 Å². The first-order chi connectivity index (χ1) is 7.30. The van der Waals surface area contributed by atoms with Gasteiger partial charge in [-0.3, -0.25) is 9.89 Å². The molecule has 2 unspecified atom stereocenters. The molecule has 1 aromatic heterocycles. The Hall–Kier alpha value is -1.23. The van der Waals surface area contributed by atoms with Gasteiger partial charge >= 0.3 is 0 Å². The fraction of sp³-hybridized carbons (Fsp3) is 0.700. The number of ketones is 1. The van der Waals surface area contributed by atoms with Crippen molar-refractivity contribution in [2.75, 3.05) is 0 Å². The van der Waals surface area contributed by atoms with Gasteiger partial charge in [0.1, 0.15) is 6.33 Å². The first kappa shape index (κ1) is 9.03. The number of carbonyl (C=O) groups is 1. The Morgan fingerprint density at radius 3 is 3.20 bits per heavy atom. The molecule has 2 aliphatic heterocycles. The van der Waals surface area contributed by atoms with Crippen molar-refractivity contribution in [2.45, 2.75) is 43.7 Å². The smallest absolute Gasteiger partial charge is 0.219 e. The summed E-state index contributed by atoms with van der Waals surface area (Å²) in [7, 11) is 0. The Bertz CT molecular complexity index is 371. The number of aromatic amines is 1. The number of H-pyrrole nitrogens is 1. The Morgan fingerprint density at radius 2 is 2.40 bits per heavy atom. The molecule has 2 N–H and O–H groups in total. The zero-order valence-electron chi connectivity index (χ0n) is 8.49. The van der Waals surface area contributed by atoms with Gasteiger partial charge in [0.2, 0.25) is 5.78 Å². The third-order valence-corrected chi connectivity index (χ3v) is 3.62. The second-order valence-electron chi connectivity index (χ2n) is 4.52. The van der Waals surface area contributed by atoms with Gasteiger partial charge in [-0.15, -0.1) is 0 Å². The lowest BCUT2D eigenvalue weighted by Gasteiger charge is -2.32. The topological polar surface area (TPSA) is 70.7 Å². The highest BCUT2D eigenvalue weighted by Crippen LogP contribution is 2.37. The normalized spacial score (nSPS) is 34.3. The molecular weight excluding hydrogens is 192 g/mol. The second kappa shape index (κ2) is 3.13. The minimum Gasteiger partial charge on any atom is -0.302 e. The van der Waals surface area contributed by atoms with Gasteiger partial charge < -0.3 is 5.32 Å². The number of nitrogens with zero attached hydrogens (tertiary/aromatic N) is 2. The van der Waals surface area contributed by atoms with Crippen LogP contribution in [0.5, 0.6) is 0 Å². The maximum atomic E-state index is 12.2. The van der Waals surface area contributed by atoms with E-state index < -0.39 is 0 Å². The van der Waals surface area contributed by atoms with Crippen molar-refractivity contribution < 1.29 is 4.79 Å². The molecule has 0 saturated carbocycles. The molecule has 3 heterocycles. The van der Waals surface area contributed by atoms with Crippen LogP contribution in [0.2, 0.25) is 0 Å². The predicted octanol–water partition coefficient (Wildman–Crippen LogP) is 0.662. The van der Waals surface area contributed by atoms with Crippen molar-refractivity contribution in [1.82, 2.24) is 20.5 Å². The molecule has 2 aliphatic rings. The van der Waals surface area contributed by atoms with Crippen LogP contribution in [0, 0.1) is 0 Å². The summed E-state index contributed by atoms with van der Waals surface area (Å²) in [5.41, 5.74) is -0.345. The number of carbonyl (C=O) groups excluding carboxylic acids is 1. The van der Waals surface area contributed by atoms with Gasteiger partial charge in [0.05, 0.1) is 5.54 Å². The molecule has 2 fully saturated rings. The van der Waals surface area contributed by atoms with Gasteiger partial charge in [-0.05, 0) is 32.1 Å². The van der Waals surface area contributed by atoms with Gasteiger partial charge in [0.15, 0.2) is 5.82 Å². The molecule has 0 spiro atoms. The molecule has 80 valence electrons. The summed E-state index contributed by atoms with van der Waals surface area (Å²) in [5, 5.41) is 9.85. The molecule has 1 aromatic rings. The van der Waals surface area contributed by atoms with Gasteiger partial charge in [0.25, 0.3) is 0 Å². The lowest BCUT2D eigenvalue weighted by atomic mass is 9.86. The van der Waals surface area contributed by atoms with E-state index in [4.69, 9.17) is 0 Å². The minimum absolute atomic E-state index is 0.0854. The lowest BCUT2D eigenvalue weighted by Crippen LogP contribution is -2.52. The Kier molecular flexibility index (Phi) is 1.88. The number of hydrogen-bond acceptors (Lipinski definition) is 4. The largest absolute Gasteiger partial charge is 0.302 e. The van der Waals surface area contributed by atoms with Crippen LogP contribution in [-0.4, -0.2) is 32.5 Å². The average Bonchev–Trinajstić information content (AvgIpc) is 2.87. The van der Waals surface area contributed by atoms with Crippen molar-refractivity contribution in [3.05, 3.63) is 12.2 Å². The standard InChI is InChI=1S/C10H14N4O/c15-8(9-11-6-12-14-9)10-4-1-2-7(13-10)3-5-10/h6-7,13H,1-5H2,(H,11,12,14). The second-order valence-corrected chi connectivity index (χ2v) is 4.52. The third-order valence-electron chi connectivity index (χ3n) is 3.62. The van der Waals surface area contributed by atoms with E-state index in [0.29, 0.717) is 11.9 Å². The highest BCUT2D eigenvalue weighted by atomic mass is 16.1. The Labute approximate surface area is 87.7 Å². The molecule has 15 heavy (non-hydrogen) atoms. The Morgan fingerprint density at radius 1 is 1.47 bits per heavy atom. The molecule has 5 heteroatoms. The van der Waals surface area contributed by atoms with Crippen LogP contribution in [0.3, 0.4) is 0 Å². The zero-order chi connectivity index (χ0) is 10.3. The highest BCUT2D eigenvalue weighted by molar-refractivity contribution is 6.00. The molecule has 0 amide bonds. The molecule has 5 nitrogen and oxygen atoms in total. The zero-order valence-corrected chi connectivity index (χ0v) is 8.49. The van der Waals surface area contributed by atoms with E-state index in [0.717, 1.165) is 25.7 Å². The number of aromatic nitrogens is 3. The van der Waals surface area contributed by atoms with Crippen molar-refractivity contribution in [2.24, 2.45) is 0 Å². The lowest BCUT2D eigenvalue weighted by molar-refractivity contribution is 0.0822. The van der Waals surface area contributed by atoms with Gasteiger partial charge in [-0.25, -0.2) is 4.98 Å². The van der Waals surface area contributed by atoms with E-state index in [-0.39, 0.29) is 11.3 Å². The van der Waals surface area contributed by atoms with E-state index in [1.165, 1.54) is 12.7 Å². The van der Waals surface area contributed by atoms with Crippen molar-refractivity contribution in [1.29, 1.82) is 0 Å². The SMILES string of the molecule is O=C(c1ncn[nH]1)C12CCCC(CC1)N2. The van der Waals surface area contributed by atoms with Crippen LogP contribution >= 0.6 is 0 Å². The molecule has 2 bridgehead atoms. The fourth-order valence-electron chi connectivity index (χ4n) is 2.85. The molecule has 3 rings (SSSR count). The molecule has 0 radical (unpaired) electrons. The van der Waals surface area contributed by atoms with Crippen molar-refractivity contribution >= 4 is 5.78 Å². The van der Waals surface area contributed by atoms with E-state index in [1.54, 1.807) is 0 Å². The molecule has 2 saturated heterocycles. The summed E-state index contributed by atoms with van der Waals surface area (Å²) in [6, 6.07) is 0.533. The van der Waals surface area contributed by atoms with Gasteiger partial charge in [-0.1, -0.05) is 0 Å². The Balaban J connectivity index is 1.90. The quantitative estimate of drug-likeness (QED) is 0.697.